The van der Waals surface area contributed by atoms with Gasteiger partial charge in [0.25, 0.3) is 0 Å². The Kier molecular flexibility index (Phi) is 9.35. The standard InChI is InChI=1S/C6H11N3.C5H5N.CHF3O3S/c1-9-3-2-8-5-6(9)4-7;1-2-4-6-5-3-1;2-1(3,4)8(5,6)7/h6,8H,2-3,5H2,1H3;1-5H;(H,5,6,7). The van der Waals surface area contributed by atoms with E-state index in [2.05, 4.69) is 21.3 Å². The molecule has 0 aliphatic carbocycles. The molecule has 130 valence electrons. The summed E-state index contributed by atoms with van der Waals surface area (Å²) >= 11 is 0. The lowest BCUT2D eigenvalue weighted by molar-refractivity contribution is -0.0510. The van der Waals surface area contributed by atoms with Gasteiger partial charge in [-0.05, 0) is 19.2 Å². The smallest absolute Gasteiger partial charge is 0.313 e. The number of pyridine rings is 1. The monoisotopic (exact) mass is 354 g/mol. The number of nitriles is 1. The van der Waals surface area contributed by atoms with Crippen LogP contribution in [0.2, 0.25) is 0 Å². The van der Waals surface area contributed by atoms with E-state index in [1.54, 1.807) is 12.4 Å². The summed E-state index contributed by atoms with van der Waals surface area (Å²) < 4.78 is 57.5. The highest BCUT2D eigenvalue weighted by Gasteiger charge is 2.44. The predicted molar refractivity (Wildman–Crippen MR) is 76.7 cm³/mol. The predicted octanol–water partition coefficient (Wildman–Crippen LogP) is 0.889. The average molecular weight is 354 g/mol. The van der Waals surface area contributed by atoms with Crippen LogP contribution in [0.25, 0.3) is 0 Å². The van der Waals surface area contributed by atoms with Gasteiger partial charge in [0.2, 0.25) is 0 Å². The largest absolute Gasteiger partial charge is 0.522 e. The SMILES string of the molecule is CN1CCNCC1C#N.O=S(=O)(O)C(F)(F)F.c1ccncc1. The third-order valence-electron chi connectivity index (χ3n) is 2.52. The van der Waals surface area contributed by atoms with Gasteiger partial charge in [0.1, 0.15) is 6.04 Å². The van der Waals surface area contributed by atoms with Crippen LogP contribution in [0.3, 0.4) is 0 Å². The molecule has 0 bridgehead atoms. The highest BCUT2D eigenvalue weighted by atomic mass is 32.2. The lowest BCUT2D eigenvalue weighted by Gasteiger charge is -2.27. The molecule has 1 aromatic rings. The van der Waals surface area contributed by atoms with E-state index >= 15 is 0 Å². The summed E-state index contributed by atoms with van der Waals surface area (Å²) in [6.45, 7) is 2.81. The third-order valence-corrected chi connectivity index (χ3v) is 3.10. The normalized spacial score (nSPS) is 18.5. The van der Waals surface area contributed by atoms with Crippen molar-refractivity contribution >= 4 is 10.1 Å². The first kappa shape index (κ1) is 21.3. The van der Waals surface area contributed by atoms with E-state index in [0.29, 0.717) is 0 Å². The molecule has 0 aromatic carbocycles. The van der Waals surface area contributed by atoms with Gasteiger partial charge in [-0.25, -0.2) is 0 Å². The van der Waals surface area contributed by atoms with Gasteiger partial charge >= 0.3 is 15.6 Å². The van der Waals surface area contributed by atoms with Crippen molar-refractivity contribution < 1.29 is 26.1 Å². The molecule has 7 nitrogen and oxygen atoms in total. The zero-order valence-electron chi connectivity index (χ0n) is 12.2. The van der Waals surface area contributed by atoms with E-state index in [1.165, 1.54) is 0 Å². The fourth-order valence-corrected chi connectivity index (χ4v) is 1.26. The molecule has 0 spiro atoms. The van der Waals surface area contributed by atoms with Crippen LogP contribution in [0.1, 0.15) is 0 Å². The number of hydrogen-bond acceptors (Lipinski definition) is 6. The van der Waals surface area contributed by atoms with Crippen molar-refractivity contribution in [1.29, 1.82) is 5.26 Å². The van der Waals surface area contributed by atoms with E-state index in [0.717, 1.165) is 19.6 Å². The van der Waals surface area contributed by atoms with Crippen LogP contribution in [0.4, 0.5) is 13.2 Å². The number of piperazine rings is 1. The Morgan fingerprint density at radius 3 is 2.09 bits per heavy atom. The van der Waals surface area contributed by atoms with Gasteiger partial charge in [-0.2, -0.15) is 26.9 Å². The Bertz CT molecular complexity index is 549. The Morgan fingerprint density at radius 2 is 1.87 bits per heavy atom. The minimum absolute atomic E-state index is 0.0822. The van der Waals surface area contributed by atoms with Crippen molar-refractivity contribution in [3.8, 4) is 6.07 Å². The Morgan fingerprint density at radius 1 is 1.35 bits per heavy atom. The molecule has 2 rings (SSSR count). The zero-order valence-corrected chi connectivity index (χ0v) is 13.0. The van der Waals surface area contributed by atoms with Crippen LogP contribution in [0, 0.1) is 11.3 Å². The molecule has 23 heavy (non-hydrogen) atoms. The summed E-state index contributed by atoms with van der Waals surface area (Å²) in [7, 11) is -3.86. The molecule has 11 heteroatoms. The lowest BCUT2D eigenvalue weighted by Crippen LogP contribution is -2.48. The van der Waals surface area contributed by atoms with Crippen LogP contribution >= 0.6 is 0 Å². The number of nitrogens with zero attached hydrogens (tertiary/aromatic N) is 3. The Labute approximate surface area is 132 Å². The first-order valence-electron chi connectivity index (χ1n) is 6.29. The highest BCUT2D eigenvalue weighted by Crippen LogP contribution is 2.20. The molecule has 1 aromatic heterocycles. The minimum atomic E-state index is -5.84. The molecular weight excluding hydrogens is 337 g/mol. The molecule has 0 amide bonds. The summed E-state index contributed by atoms with van der Waals surface area (Å²) in [6, 6.07) is 8.01. The van der Waals surface area contributed by atoms with E-state index in [1.807, 2.05) is 25.2 Å². The molecule has 1 unspecified atom stereocenters. The quantitative estimate of drug-likeness (QED) is 0.526. The van der Waals surface area contributed by atoms with Crippen LogP contribution in [0.5, 0.6) is 0 Å². The van der Waals surface area contributed by atoms with Crippen molar-refractivity contribution in [3.63, 3.8) is 0 Å². The molecule has 1 saturated heterocycles. The maximum Gasteiger partial charge on any atom is 0.522 e. The Hall–Kier alpha value is -1.74. The second-order valence-corrected chi connectivity index (χ2v) is 5.69. The summed E-state index contributed by atoms with van der Waals surface area (Å²) in [4.78, 5) is 5.85. The van der Waals surface area contributed by atoms with Gasteiger partial charge in [0.15, 0.2) is 0 Å². The lowest BCUT2D eigenvalue weighted by atomic mass is 10.2. The Balaban J connectivity index is 0.000000322. The molecule has 1 aliphatic rings. The first-order valence-corrected chi connectivity index (χ1v) is 7.73. The van der Waals surface area contributed by atoms with E-state index in [-0.39, 0.29) is 6.04 Å². The van der Waals surface area contributed by atoms with E-state index in [9.17, 15) is 13.2 Å². The molecular formula is C12H17F3N4O3S. The van der Waals surface area contributed by atoms with Gasteiger partial charge in [-0.15, -0.1) is 0 Å². The number of likely N-dealkylation sites (N-methyl/N-ethyl adjacent to an activating group) is 1. The molecule has 0 saturated carbocycles. The van der Waals surface area contributed by atoms with Gasteiger partial charge in [0.05, 0.1) is 6.07 Å². The van der Waals surface area contributed by atoms with Crippen molar-refractivity contribution in [1.82, 2.24) is 15.2 Å². The van der Waals surface area contributed by atoms with Gasteiger partial charge < -0.3 is 5.32 Å². The van der Waals surface area contributed by atoms with Crippen molar-refractivity contribution in [2.75, 3.05) is 26.7 Å². The van der Waals surface area contributed by atoms with Crippen molar-refractivity contribution in [2.45, 2.75) is 11.6 Å². The van der Waals surface area contributed by atoms with Crippen LogP contribution < -0.4 is 5.32 Å². The topological polar surface area (TPSA) is 106 Å². The molecule has 2 N–H and O–H groups in total. The average Bonchev–Trinajstić information content (AvgIpc) is 2.49. The number of aromatic nitrogens is 1. The number of halogens is 3. The summed E-state index contributed by atoms with van der Waals surface area (Å²) in [6.07, 6.45) is 3.50. The third kappa shape index (κ3) is 9.80. The molecule has 2 heterocycles. The van der Waals surface area contributed by atoms with Crippen LogP contribution in [0.15, 0.2) is 30.6 Å². The van der Waals surface area contributed by atoms with Crippen molar-refractivity contribution in [2.24, 2.45) is 0 Å². The second-order valence-electron chi connectivity index (χ2n) is 4.27. The van der Waals surface area contributed by atoms with Crippen LogP contribution in [-0.4, -0.2) is 61.1 Å². The second kappa shape index (κ2) is 10.1. The van der Waals surface area contributed by atoms with Gasteiger partial charge in [-0.3, -0.25) is 14.4 Å². The fourth-order valence-electron chi connectivity index (χ4n) is 1.26. The number of nitrogens with one attached hydrogen (secondary N) is 1. The molecule has 0 radical (unpaired) electrons. The van der Waals surface area contributed by atoms with E-state index in [4.69, 9.17) is 18.2 Å². The maximum absolute atomic E-state index is 10.7. The molecule has 1 aliphatic heterocycles. The van der Waals surface area contributed by atoms with E-state index < -0.39 is 15.6 Å². The molecule has 1 atom stereocenters. The van der Waals surface area contributed by atoms with Crippen molar-refractivity contribution in [3.05, 3.63) is 30.6 Å². The zero-order chi connectivity index (χ0) is 17.9. The summed E-state index contributed by atoms with van der Waals surface area (Å²) in [5.41, 5.74) is -5.53. The minimum Gasteiger partial charge on any atom is -0.313 e. The highest BCUT2D eigenvalue weighted by molar-refractivity contribution is 7.86. The number of hydrogen-bond donors (Lipinski definition) is 2. The van der Waals surface area contributed by atoms with Gasteiger partial charge in [0, 0.05) is 32.0 Å². The van der Waals surface area contributed by atoms with Gasteiger partial charge in [-0.1, -0.05) is 6.07 Å². The number of alkyl halides is 3. The van der Waals surface area contributed by atoms with Crippen LogP contribution in [-0.2, 0) is 10.1 Å². The molecule has 1 fully saturated rings. The first-order chi connectivity index (χ1) is 10.6. The number of rotatable bonds is 0. The maximum atomic E-state index is 10.7. The summed E-state index contributed by atoms with van der Waals surface area (Å²) in [5.74, 6) is 0. The fraction of sp³-hybridized carbons (Fsp3) is 0.500. The summed E-state index contributed by atoms with van der Waals surface area (Å²) in [5, 5.41) is 11.7.